The maximum Gasteiger partial charge on any atom is 0.261 e. The number of benzene rings is 2. The second-order valence-corrected chi connectivity index (χ2v) is 5.83. The van der Waals surface area contributed by atoms with Crippen molar-refractivity contribution in [1.82, 2.24) is 4.90 Å². The normalized spacial score (nSPS) is 13.2. The number of amides is 2. The van der Waals surface area contributed by atoms with Crippen molar-refractivity contribution in [2.45, 2.75) is 13.1 Å². The third-order valence-electron chi connectivity index (χ3n) is 4.15. The van der Waals surface area contributed by atoms with Crippen LogP contribution in [0.15, 0.2) is 71.1 Å². The van der Waals surface area contributed by atoms with Gasteiger partial charge in [0, 0.05) is 5.69 Å². The van der Waals surface area contributed by atoms with E-state index in [1.807, 2.05) is 36.4 Å². The van der Waals surface area contributed by atoms with Gasteiger partial charge in [0.25, 0.3) is 11.8 Å². The van der Waals surface area contributed by atoms with E-state index in [0.717, 1.165) is 11.4 Å². The molecule has 1 aliphatic rings. The fraction of sp³-hybridized carbons (Fsp3) is 0.100. The Labute approximate surface area is 144 Å². The van der Waals surface area contributed by atoms with Crippen molar-refractivity contribution in [3.63, 3.8) is 0 Å². The Morgan fingerprint density at radius 1 is 0.760 bits per heavy atom. The molecule has 3 aromatic rings. The zero-order valence-electron chi connectivity index (χ0n) is 13.4. The number of imide groups is 1. The number of fused-ring (bicyclic) bond motifs is 1. The van der Waals surface area contributed by atoms with Crippen LogP contribution in [-0.2, 0) is 13.1 Å². The summed E-state index contributed by atoms with van der Waals surface area (Å²) in [4.78, 5) is 26.0. The summed E-state index contributed by atoms with van der Waals surface area (Å²) in [6.07, 6.45) is 0. The minimum absolute atomic E-state index is 0.137. The molecule has 0 bridgehead atoms. The lowest BCUT2D eigenvalue weighted by atomic mass is 10.1. The van der Waals surface area contributed by atoms with Crippen LogP contribution in [0.1, 0.15) is 32.2 Å². The second kappa shape index (κ2) is 6.28. The van der Waals surface area contributed by atoms with E-state index in [1.165, 1.54) is 4.90 Å². The molecule has 5 heteroatoms. The molecule has 2 aromatic carbocycles. The number of hydrogen-bond donors (Lipinski definition) is 1. The first-order valence-corrected chi connectivity index (χ1v) is 8.04. The molecular weight excluding hydrogens is 316 g/mol. The minimum atomic E-state index is -0.277. The maximum absolute atomic E-state index is 12.4. The number of carbonyl (C=O) groups is 2. The van der Waals surface area contributed by atoms with Gasteiger partial charge in [0.15, 0.2) is 0 Å². The molecule has 25 heavy (non-hydrogen) atoms. The largest absolute Gasteiger partial charge is 0.462 e. The highest BCUT2D eigenvalue weighted by atomic mass is 16.3. The minimum Gasteiger partial charge on any atom is -0.462 e. The van der Waals surface area contributed by atoms with Gasteiger partial charge in [0.05, 0.1) is 24.2 Å². The molecule has 0 fully saturated rings. The number of rotatable bonds is 5. The van der Waals surface area contributed by atoms with Crippen molar-refractivity contribution in [3.8, 4) is 0 Å². The number of hydrogen-bond acceptors (Lipinski definition) is 4. The molecule has 4 rings (SSSR count). The van der Waals surface area contributed by atoms with Gasteiger partial charge in [0.1, 0.15) is 11.5 Å². The van der Waals surface area contributed by atoms with Gasteiger partial charge in [-0.25, -0.2) is 0 Å². The van der Waals surface area contributed by atoms with E-state index in [-0.39, 0.29) is 18.4 Å². The molecule has 1 N–H and O–H groups in total. The molecule has 0 radical (unpaired) electrons. The molecule has 2 amide bonds. The van der Waals surface area contributed by atoms with E-state index in [0.29, 0.717) is 23.4 Å². The molecule has 5 nitrogen and oxygen atoms in total. The van der Waals surface area contributed by atoms with Gasteiger partial charge in [-0.3, -0.25) is 14.5 Å². The molecule has 1 aromatic heterocycles. The Morgan fingerprint density at radius 2 is 1.36 bits per heavy atom. The van der Waals surface area contributed by atoms with Crippen molar-refractivity contribution in [1.29, 1.82) is 0 Å². The van der Waals surface area contributed by atoms with Crippen LogP contribution in [0, 0.1) is 0 Å². The van der Waals surface area contributed by atoms with Gasteiger partial charge in [-0.1, -0.05) is 30.3 Å². The highest BCUT2D eigenvalue weighted by Crippen LogP contribution is 2.24. The zero-order valence-corrected chi connectivity index (χ0v) is 13.4. The summed E-state index contributed by atoms with van der Waals surface area (Å²) in [6.45, 7) is 0.670. The quantitative estimate of drug-likeness (QED) is 0.724. The summed E-state index contributed by atoms with van der Waals surface area (Å²) in [5, 5.41) is 3.26. The molecule has 124 valence electrons. The van der Waals surface area contributed by atoms with E-state index < -0.39 is 0 Å². The third kappa shape index (κ3) is 2.92. The lowest BCUT2D eigenvalue weighted by molar-refractivity contribution is 0.0631. The standard InChI is InChI=1S/C20H16N2O3/c23-19-17-8-4-5-9-18(17)20(24)22(19)13-16-11-10-15(25-16)12-21-14-6-2-1-3-7-14/h1-11,21H,12-13H2. The fourth-order valence-electron chi connectivity index (χ4n) is 2.89. The smallest absolute Gasteiger partial charge is 0.261 e. The SMILES string of the molecule is O=C1c2ccccc2C(=O)N1Cc1ccc(CNc2ccccc2)o1. The topological polar surface area (TPSA) is 62.6 Å². The second-order valence-electron chi connectivity index (χ2n) is 5.83. The molecule has 0 aliphatic carbocycles. The van der Waals surface area contributed by atoms with Crippen LogP contribution in [0.5, 0.6) is 0 Å². The Kier molecular flexibility index (Phi) is 3.82. The van der Waals surface area contributed by atoms with Gasteiger partial charge in [-0.2, -0.15) is 0 Å². The van der Waals surface area contributed by atoms with Gasteiger partial charge in [-0.05, 0) is 36.4 Å². The number of nitrogens with zero attached hydrogens (tertiary/aromatic N) is 1. The summed E-state index contributed by atoms with van der Waals surface area (Å²) >= 11 is 0. The molecule has 0 spiro atoms. The number of para-hydroxylation sites is 1. The first-order chi connectivity index (χ1) is 12.2. The summed E-state index contributed by atoms with van der Waals surface area (Å²) in [5.74, 6) is 0.775. The van der Waals surface area contributed by atoms with E-state index in [9.17, 15) is 9.59 Å². The van der Waals surface area contributed by atoms with Gasteiger partial charge < -0.3 is 9.73 Å². The number of nitrogens with one attached hydrogen (secondary N) is 1. The Hall–Kier alpha value is -3.34. The predicted molar refractivity (Wildman–Crippen MR) is 93.1 cm³/mol. The third-order valence-corrected chi connectivity index (χ3v) is 4.15. The van der Waals surface area contributed by atoms with Crippen LogP contribution in [-0.4, -0.2) is 16.7 Å². The van der Waals surface area contributed by atoms with Gasteiger partial charge >= 0.3 is 0 Å². The van der Waals surface area contributed by atoms with Crippen molar-refractivity contribution >= 4 is 17.5 Å². The molecule has 2 heterocycles. The predicted octanol–water partition coefficient (Wildman–Crippen LogP) is 3.69. The molecule has 0 saturated carbocycles. The van der Waals surface area contributed by atoms with Gasteiger partial charge in [-0.15, -0.1) is 0 Å². The monoisotopic (exact) mass is 332 g/mol. The van der Waals surface area contributed by atoms with Crippen LogP contribution < -0.4 is 5.32 Å². The Balaban J connectivity index is 1.44. The van der Waals surface area contributed by atoms with Crippen LogP contribution >= 0.6 is 0 Å². The average Bonchev–Trinajstić information content (AvgIpc) is 3.20. The van der Waals surface area contributed by atoms with Gasteiger partial charge in [0.2, 0.25) is 0 Å². The summed E-state index contributed by atoms with van der Waals surface area (Å²) in [5.41, 5.74) is 1.90. The highest BCUT2D eigenvalue weighted by molar-refractivity contribution is 6.21. The van der Waals surface area contributed by atoms with Crippen molar-refractivity contribution in [3.05, 3.63) is 89.4 Å². The Bertz CT molecular complexity index is 896. The first kappa shape index (κ1) is 15.2. The number of furan rings is 1. The van der Waals surface area contributed by atoms with Crippen LogP contribution in [0.4, 0.5) is 5.69 Å². The highest BCUT2D eigenvalue weighted by Gasteiger charge is 2.35. The van der Waals surface area contributed by atoms with Crippen LogP contribution in [0.25, 0.3) is 0 Å². The summed E-state index contributed by atoms with van der Waals surface area (Å²) in [7, 11) is 0. The molecule has 1 aliphatic heterocycles. The lowest BCUT2D eigenvalue weighted by Gasteiger charge is -2.11. The van der Waals surface area contributed by atoms with E-state index in [1.54, 1.807) is 30.3 Å². The molecule has 0 unspecified atom stereocenters. The fourth-order valence-corrected chi connectivity index (χ4v) is 2.89. The maximum atomic E-state index is 12.4. The summed E-state index contributed by atoms with van der Waals surface area (Å²) < 4.78 is 5.75. The Morgan fingerprint density at radius 3 is 2.04 bits per heavy atom. The van der Waals surface area contributed by atoms with Crippen molar-refractivity contribution in [2.24, 2.45) is 0 Å². The molecule has 0 saturated heterocycles. The van der Waals surface area contributed by atoms with Crippen molar-refractivity contribution in [2.75, 3.05) is 5.32 Å². The lowest BCUT2D eigenvalue weighted by Crippen LogP contribution is -2.28. The average molecular weight is 332 g/mol. The first-order valence-electron chi connectivity index (χ1n) is 8.04. The zero-order chi connectivity index (χ0) is 17.2. The van der Waals surface area contributed by atoms with E-state index in [4.69, 9.17) is 4.42 Å². The van der Waals surface area contributed by atoms with Crippen LogP contribution in [0.3, 0.4) is 0 Å². The number of carbonyl (C=O) groups excluding carboxylic acids is 2. The van der Waals surface area contributed by atoms with E-state index >= 15 is 0 Å². The number of anilines is 1. The van der Waals surface area contributed by atoms with Crippen molar-refractivity contribution < 1.29 is 14.0 Å². The summed E-state index contributed by atoms with van der Waals surface area (Å²) in [6, 6.07) is 20.3. The molecule has 0 atom stereocenters. The van der Waals surface area contributed by atoms with E-state index in [2.05, 4.69) is 5.32 Å². The molecular formula is C20H16N2O3. The van der Waals surface area contributed by atoms with Crippen LogP contribution in [0.2, 0.25) is 0 Å².